The predicted octanol–water partition coefficient (Wildman–Crippen LogP) is 0.838. The lowest BCUT2D eigenvalue weighted by molar-refractivity contribution is -0.139. The van der Waals surface area contributed by atoms with Crippen molar-refractivity contribution in [3.8, 4) is 0 Å². The van der Waals surface area contributed by atoms with Gasteiger partial charge in [0.2, 0.25) is 0 Å². The maximum absolute atomic E-state index is 11.5. The van der Waals surface area contributed by atoms with Crippen LogP contribution >= 0.6 is 0 Å². The number of hydrogen-bond acceptors (Lipinski definition) is 4. The average molecular weight is 290 g/mol. The lowest BCUT2D eigenvalue weighted by atomic mass is 10.0. The van der Waals surface area contributed by atoms with Gasteiger partial charge in [0.05, 0.1) is 6.61 Å². The Morgan fingerprint density at radius 1 is 1.20 bits per heavy atom. The molecule has 1 unspecified atom stereocenters. The number of amides is 2. The molecule has 0 aliphatic rings. The van der Waals surface area contributed by atoms with E-state index in [0.29, 0.717) is 32.8 Å². The van der Waals surface area contributed by atoms with Crippen LogP contribution in [0.5, 0.6) is 0 Å². The van der Waals surface area contributed by atoms with Gasteiger partial charge < -0.3 is 25.2 Å². The summed E-state index contributed by atoms with van der Waals surface area (Å²) >= 11 is 0. The van der Waals surface area contributed by atoms with Gasteiger partial charge in [-0.3, -0.25) is 0 Å². The quantitative estimate of drug-likeness (QED) is 0.490. The summed E-state index contributed by atoms with van der Waals surface area (Å²) in [5.74, 6) is -0.829. The first-order valence-electron chi connectivity index (χ1n) is 6.81. The van der Waals surface area contributed by atoms with E-state index in [0.717, 1.165) is 6.42 Å². The van der Waals surface area contributed by atoms with Gasteiger partial charge in [0.15, 0.2) is 0 Å². The standard InChI is InChI=1S/C13H26N2O5/c1-10(2)9-11(12(16)17)15-13(18)14-5-8-20-7-4-6-19-3/h10-11H,4-9H2,1-3H3,(H,16,17)(H2,14,15,18). The maximum Gasteiger partial charge on any atom is 0.326 e. The zero-order chi connectivity index (χ0) is 15.4. The summed E-state index contributed by atoms with van der Waals surface area (Å²) in [6, 6.07) is -1.35. The number of carbonyl (C=O) groups is 2. The molecule has 0 aliphatic carbocycles. The lowest BCUT2D eigenvalue weighted by Gasteiger charge is -2.16. The van der Waals surface area contributed by atoms with Gasteiger partial charge in [-0.2, -0.15) is 0 Å². The van der Waals surface area contributed by atoms with Crippen LogP contribution in [0.3, 0.4) is 0 Å². The summed E-state index contributed by atoms with van der Waals surface area (Å²) in [5.41, 5.74) is 0. The number of carboxylic acid groups (broad SMARTS) is 1. The number of methoxy groups -OCH3 is 1. The van der Waals surface area contributed by atoms with Crippen molar-refractivity contribution in [3.63, 3.8) is 0 Å². The van der Waals surface area contributed by atoms with Gasteiger partial charge >= 0.3 is 12.0 Å². The van der Waals surface area contributed by atoms with Gasteiger partial charge in [-0.25, -0.2) is 9.59 Å². The van der Waals surface area contributed by atoms with E-state index in [1.54, 1.807) is 7.11 Å². The van der Waals surface area contributed by atoms with Crippen LogP contribution in [0, 0.1) is 5.92 Å². The number of urea groups is 1. The van der Waals surface area contributed by atoms with E-state index in [1.165, 1.54) is 0 Å². The van der Waals surface area contributed by atoms with E-state index in [2.05, 4.69) is 10.6 Å². The number of nitrogens with one attached hydrogen (secondary N) is 2. The summed E-state index contributed by atoms with van der Waals surface area (Å²) in [5, 5.41) is 14.0. The fraction of sp³-hybridized carbons (Fsp3) is 0.846. The number of aliphatic carboxylic acids is 1. The summed E-state index contributed by atoms with van der Waals surface area (Å²) in [4.78, 5) is 22.5. The fourth-order valence-electron chi connectivity index (χ4n) is 1.55. The highest BCUT2D eigenvalue weighted by atomic mass is 16.5. The molecule has 0 aliphatic heterocycles. The van der Waals surface area contributed by atoms with Gasteiger partial charge in [-0.1, -0.05) is 13.8 Å². The summed E-state index contributed by atoms with van der Waals surface area (Å²) < 4.78 is 10.1. The molecule has 2 amide bonds. The number of rotatable bonds is 11. The minimum atomic E-state index is -1.02. The molecule has 7 nitrogen and oxygen atoms in total. The van der Waals surface area contributed by atoms with Crippen molar-refractivity contribution in [1.29, 1.82) is 0 Å². The van der Waals surface area contributed by atoms with Crippen molar-refractivity contribution in [2.24, 2.45) is 5.92 Å². The second kappa shape index (κ2) is 11.5. The van der Waals surface area contributed by atoms with E-state index >= 15 is 0 Å². The third kappa shape index (κ3) is 10.6. The predicted molar refractivity (Wildman–Crippen MR) is 74.7 cm³/mol. The molecule has 0 saturated heterocycles. The van der Waals surface area contributed by atoms with Crippen LogP contribution in [0.4, 0.5) is 4.79 Å². The van der Waals surface area contributed by atoms with Gasteiger partial charge in [0.1, 0.15) is 6.04 Å². The summed E-state index contributed by atoms with van der Waals surface area (Å²) in [6.45, 7) is 5.75. The highest BCUT2D eigenvalue weighted by Gasteiger charge is 2.20. The molecule has 0 radical (unpaired) electrons. The molecule has 1 atom stereocenters. The van der Waals surface area contributed by atoms with Crippen molar-refractivity contribution in [2.75, 3.05) is 33.5 Å². The topological polar surface area (TPSA) is 96.9 Å². The largest absolute Gasteiger partial charge is 0.480 e. The molecular formula is C13H26N2O5. The number of hydrogen-bond donors (Lipinski definition) is 3. The molecule has 0 heterocycles. The van der Waals surface area contributed by atoms with Crippen LogP contribution in [-0.4, -0.2) is 56.6 Å². The number of carbonyl (C=O) groups excluding carboxylic acids is 1. The Kier molecular flexibility index (Phi) is 10.7. The second-order valence-electron chi connectivity index (χ2n) is 4.88. The van der Waals surface area contributed by atoms with E-state index in [1.807, 2.05) is 13.8 Å². The molecule has 0 spiro atoms. The third-order valence-corrected chi connectivity index (χ3v) is 2.48. The molecule has 0 aromatic heterocycles. The zero-order valence-corrected chi connectivity index (χ0v) is 12.5. The maximum atomic E-state index is 11.5. The lowest BCUT2D eigenvalue weighted by Crippen LogP contribution is -2.47. The van der Waals surface area contributed by atoms with Crippen molar-refractivity contribution >= 4 is 12.0 Å². The summed E-state index contributed by atoms with van der Waals surface area (Å²) in [6.07, 6.45) is 1.20. The van der Waals surface area contributed by atoms with E-state index < -0.39 is 18.0 Å². The smallest absolute Gasteiger partial charge is 0.326 e. The van der Waals surface area contributed by atoms with E-state index in [-0.39, 0.29) is 5.92 Å². The van der Waals surface area contributed by atoms with Gasteiger partial charge in [-0.05, 0) is 18.8 Å². The van der Waals surface area contributed by atoms with Crippen LogP contribution in [-0.2, 0) is 14.3 Å². The molecule has 7 heteroatoms. The molecule has 0 bridgehead atoms. The van der Waals surface area contributed by atoms with Crippen LogP contribution < -0.4 is 10.6 Å². The van der Waals surface area contributed by atoms with Crippen molar-refractivity contribution in [2.45, 2.75) is 32.7 Å². The Morgan fingerprint density at radius 2 is 1.90 bits per heavy atom. The Labute approximate surface area is 120 Å². The van der Waals surface area contributed by atoms with Crippen molar-refractivity contribution in [1.82, 2.24) is 10.6 Å². The average Bonchev–Trinajstić information content (AvgIpc) is 2.36. The monoisotopic (exact) mass is 290 g/mol. The molecule has 0 saturated carbocycles. The second-order valence-corrected chi connectivity index (χ2v) is 4.88. The molecule has 3 N–H and O–H groups in total. The zero-order valence-electron chi connectivity index (χ0n) is 12.5. The van der Waals surface area contributed by atoms with E-state index in [4.69, 9.17) is 14.6 Å². The Balaban J connectivity index is 3.72. The fourth-order valence-corrected chi connectivity index (χ4v) is 1.55. The SMILES string of the molecule is COCCCOCCNC(=O)NC(CC(C)C)C(=O)O. The molecule has 0 rings (SSSR count). The first kappa shape index (κ1) is 18.7. The van der Waals surface area contributed by atoms with Crippen molar-refractivity contribution < 1.29 is 24.2 Å². The number of carboxylic acids is 1. The minimum Gasteiger partial charge on any atom is -0.480 e. The van der Waals surface area contributed by atoms with Gasteiger partial charge in [-0.15, -0.1) is 0 Å². The van der Waals surface area contributed by atoms with E-state index in [9.17, 15) is 9.59 Å². The Hall–Kier alpha value is -1.34. The Bertz CT molecular complexity index is 284. The Morgan fingerprint density at radius 3 is 2.45 bits per heavy atom. The molecule has 0 fully saturated rings. The minimum absolute atomic E-state index is 0.195. The first-order valence-corrected chi connectivity index (χ1v) is 6.81. The molecule has 118 valence electrons. The highest BCUT2D eigenvalue weighted by molar-refractivity contribution is 5.82. The van der Waals surface area contributed by atoms with Gasteiger partial charge in [0.25, 0.3) is 0 Å². The molecular weight excluding hydrogens is 264 g/mol. The van der Waals surface area contributed by atoms with Gasteiger partial charge in [0, 0.05) is 26.9 Å². The van der Waals surface area contributed by atoms with Crippen LogP contribution in [0.1, 0.15) is 26.7 Å². The third-order valence-electron chi connectivity index (χ3n) is 2.48. The van der Waals surface area contributed by atoms with Crippen LogP contribution in [0.2, 0.25) is 0 Å². The van der Waals surface area contributed by atoms with Crippen molar-refractivity contribution in [3.05, 3.63) is 0 Å². The van der Waals surface area contributed by atoms with Crippen LogP contribution in [0.25, 0.3) is 0 Å². The van der Waals surface area contributed by atoms with Crippen LogP contribution in [0.15, 0.2) is 0 Å². The summed E-state index contributed by atoms with van der Waals surface area (Å²) in [7, 11) is 1.63. The normalized spacial score (nSPS) is 12.2. The molecule has 0 aromatic rings. The highest BCUT2D eigenvalue weighted by Crippen LogP contribution is 2.04. The molecule has 0 aromatic carbocycles. The first-order chi connectivity index (χ1) is 9.47. The molecule has 20 heavy (non-hydrogen) atoms. The number of ether oxygens (including phenoxy) is 2.